The first-order chi connectivity index (χ1) is 12.1. The number of likely N-dealkylation sites (N-methyl/N-ethyl adjacent to an activating group) is 1. The molecule has 3 aliphatic rings. The topological polar surface area (TPSA) is 47.0 Å². The molecular weight excluding hydrogens is 314 g/mol. The normalized spacial score (nSPS) is 30.8. The molecule has 1 atom stereocenters. The number of aliphatic hydroxyl groups is 1. The summed E-state index contributed by atoms with van der Waals surface area (Å²) >= 11 is 0. The summed E-state index contributed by atoms with van der Waals surface area (Å²) < 4.78 is 0. The second kappa shape index (κ2) is 8.83. The van der Waals surface area contributed by atoms with Crippen LogP contribution < -0.4 is 0 Å². The SMILES string of the molecule is CCN1CCN(CC2(O)CCCN(CCC3CCCCC3)C2=O)CC1. The smallest absolute Gasteiger partial charge is 0.255 e. The van der Waals surface area contributed by atoms with Crippen LogP contribution in [0.25, 0.3) is 0 Å². The molecule has 144 valence electrons. The highest BCUT2D eigenvalue weighted by Crippen LogP contribution is 2.29. The van der Waals surface area contributed by atoms with Crippen molar-refractivity contribution in [3.05, 3.63) is 0 Å². The number of rotatable bonds is 6. The van der Waals surface area contributed by atoms with Gasteiger partial charge in [0.1, 0.15) is 0 Å². The number of β-amino-alcohol motifs (C(OH)–C–C–N with tert-alkyl or cyclic N) is 1. The van der Waals surface area contributed by atoms with E-state index in [1.807, 2.05) is 4.90 Å². The number of piperazine rings is 1. The van der Waals surface area contributed by atoms with E-state index in [0.717, 1.165) is 64.6 Å². The highest BCUT2D eigenvalue weighted by atomic mass is 16.3. The van der Waals surface area contributed by atoms with E-state index in [-0.39, 0.29) is 5.91 Å². The average molecular weight is 352 g/mol. The van der Waals surface area contributed by atoms with Crippen molar-refractivity contribution >= 4 is 5.91 Å². The monoisotopic (exact) mass is 351 g/mol. The zero-order valence-corrected chi connectivity index (χ0v) is 16.1. The van der Waals surface area contributed by atoms with Gasteiger partial charge in [-0.05, 0) is 31.7 Å². The molecule has 0 aromatic rings. The van der Waals surface area contributed by atoms with E-state index in [4.69, 9.17) is 0 Å². The Labute approximate surface area is 153 Å². The number of likely N-dealkylation sites (tertiary alicyclic amines) is 1. The summed E-state index contributed by atoms with van der Waals surface area (Å²) in [5, 5.41) is 11.1. The Morgan fingerprint density at radius 2 is 1.68 bits per heavy atom. The van der Waals surface area contributed by atoms with Crippen LogP contribution in [-0.4, -0.2) is 83.7 Å². The van der Waals surface area contributed by atoms with E-state index in [0.29, 0.717) is 13.0 Å². The summed E-state index contributed by atoms with van der Waals surface area (Å²) in [4.78, 5) is 19.6. The van der Waals surface area contributed by atoms with Gasteiger partial charge in [0, 0.05) is 45.8 Å². The first-order valence-corrected chi connectivity index (χ1v) is 10.6. The van der Waals surface area contributed by atoms with Crippen LogP contribution in [-0.2, 0) is 4.79 Å². The lowest BCUT2D eigenvalue weighted by Crippen LogP contribution is -2.60. The summed E-state index contributed by atoms with van der Waals surface area (Å²) in [7, 11) is 0. The molecule has 1 aliphatic carbocycles. The van der Waals surface area contributed by atoms with Gasteiger partial charge in [0.2, 0.25) is 0 Å². The minimum absolute atomic E-state index is 0.00696. The fraction of sp³-hybridized carbons (Fsp3) is 0.950. The van der Waals surface area contributed by atoms with Crippen molar-refractivity contribution in [3.8, 4) is 0 Å². The molecule has 5 heteroatoms. The Morgan fingerprint density at radius 1 is 1.00 bits per heavy atom. The van der Waals surface area contributed by atoms with Crippen LogP contribution in [0.3, 0.4) is 0 Å². The molecule has 2 heterocycles. The van der Waals surface area contributed by atoms with Gasteiger partial charge >= 0.3 is 0 Å². The van der Waals surface area contributed by atoms with E-state index < -0.39 is 5.60 Å². The van der Waals surface area contributed by atoms with Gasteiger partial charge < -0.3 is 14.9 Å². The Hall–Kier alpha value is -0.650. The molecule has 0 spiro atoms. The number of carbonyl (C=O) groups is 1. The standard InChI is InChI=1S/C20H37N3O2/c1-2-21-13-15-22(16-14-21)17-20(25)10-6-11-23(19(20)24)12-9-18-7-4-3-5-8-18/h18,25H,2-17H2,1H3. The van der Waals surface area contributed by atoms with Gasteiger partial charge in [0.05, 0.1) is 0 Å². The maximum Gasteiger partial charge on any atom is 0.255 e. The molecule has 0 aromatic heterocycles. The molecule has 5 nitrogen and oxygen atoms in total. The first-order valence-electron chi connectivity index (χ1n) is 10.6. The molecule has 1 amide bonds. The third kappa shape index (κ3) is 4.95. The summed E-state index contributed by atoms with van der Waals surface area (Å²) in [5.41, 5.74) is -1.15. The van der Waals surface area contributed by atoms with E-state index in [9.17, 15) is 9.90 Å². The van der Waals surface area contributed by atoms with Gasteiger partial charge in [0.25, 0.3) is 5.91 Å². The van der Waals surface area contributed by atoms with Gasteiger partial charge in [-0.2, -0.15) is 0 Å². The largest absolute Gasteiger partial charge is 0.379 e. The van der Waals surface area contributed by atoms with Crippen LogP contribution in [0.15, 0.2) is 0 Å². The molecule has 1 unspecified atom stereocenters. The number of carbonyl (C=O) groups excluding carboxylic acids is 1. The van der Waals surface area contributed by atoms with Crippen LogP contribution in [0, 0.1) is 5.92 Å². The minimum Gasteiger partial charge on any atom is -0.379 e. The second-order valence-electron chi connectivity index (χ2n) is 8.43. The molecule has 1 saturated carbocycles. The molecular formula is C20H37N3O2. The summed E-state index contributed by atoms with van der Waals surface area (Å²) in [6.45, 7) is 9.50. The van der Waals surface area contributed by atoms with Crippen LogP contribution >= 0.6 is 0 Å². The zero-order chi connectivity index (χ0) is 17.7. The quantitative estimate of drug-likeness (QED) is 0.795. The van der Waals surface area contributed by atoms with Gasteiger partial charge in [-0.25, -0.2) is 0 Å². The number of hydrogen-bond acceptors (Lipinski definition) is 4. The number of nitrogens with zero attached hydrogens (tertiary/aromatic N) is 3. The van der Waals surface area contributed by atoms with Crippen molar-refractivity contribution in [1.82, 2.24) is 14.7 Å². The van der Waals surface area contributed by atoms with Crippen molar-refractivity contribution in [2.24, 2.45) is 5.92 Å². The summed E-state index contributed by atoms with van der Waals surface area (Å²) in [5.74, 6) is 0.783. The molecule has 0 aromatic carbocycles. The summed E-state index contributed by atoms with van der Waals surface area (Å²) in [6, 6.07) is 0. The molecule has 2 saturated heterocycles. The number of hydrogen-bond donors (Lipinski definition) is 1. The van der Waals surface area contributed by atoms with Crippen LogP contribution in [0.5, 0.6) is 0 Å². The minimum atomic E-state index is -1.15. The Bertz CT molecular complexity index is 431. The Morgan fingerprint density at radius 3 is 2.36 bits per heavy atom. The highest BCUT2D eigenvalue weighted by molar-refractivity contribution is 5.86. The van der Waals surface area contributed by atoms with Gasteiger partial charge in [-0.1, -0.05) is 39.0 Å². The van der Waals surface area contributed by atoms with Crippen LogP contribution in [0.1, 0.15) is 58.3 Å². The van der Waals surface area contributed by atoms with Crippen molar-refractivity contribution < 1.29 is 9.90 Å². The van der Waals surface area contributed by atoms with Crippen molar-refractivity contribution in [2.45, 2.75) is 63.9 Å². The second-order valence-corrected chi connectivity index (χ2v) is 8.43. The molecule has 0 radical (unpaired) electrons. The van der Waals surface area contributed by atoms with Crippen molar-refractivity contribution in [2.75, 3.05) is 52.4 Å². The fourth-order valence-electron chi connectivity index (χ4n) is 4.87. The van der Waals surface area contributed by atoms with Crippen molar-refractivity contribution in [3.63, 3.8) is 0 Å². The van der Waals surface area contributed by atoms with Gasteiger partial charge in [0.15, 0.2) is 5.60 Å². The first kappa shape index (κ1) is 19.1. The molecule has 1 N–H and O–H groups in total. The Kier molecular flexibility index (Phi) is 6.75. The van der Waals surface area contributed by atoms with E-state index in [1.165, 1.54) is 32.1 Å². The molecule has 2 aliphatic heterocycles. The lowest BCUT2D eigenvalue weighted by atomic mass is 9.86. The van der Waals surface area contributed by atoms with E-state index in [1.54, 1.807) is 0 Å². The number of amides is 1. The molecule has 3 rings (SSSR count). The predicted octanol–water partition coefficient (Wildman–Crippen LogP) is 1.95. The third-order valence-corrected chi connectivity index (χ3v) is 6.63. The molecule has 25 heavy (non-hydrogen) atoms. The summed E-state index contributed by atoms with van der Waals surface area (Å²) in [6.07, 6.45) is 9.42. The third-order valence-electron chi connectivity index (χ3n) is 6.63. The lowest BCUT2D eigenvalue weighted by molar-refractivity contribution is -0.160. The maximum atomic E-state index is 13.0. The van der Waals surface area contributed by atoms with E-state index in [2.05, 4.69) is 16.7 Å². The number of piperidine rings is 1. The van der Waals surface area contributed by atoms with Gasteiger partial charge in [-0.15, -0.1) is 0 Å². The van der Waals surface area contributed by atoms with Crippen LogP contribution in [0.4, 0.5) is 0 Å². The molecule has 3 fully saturated rings. The fourth-order valence-corrected chi connectivity index (χ4v) is 4.87. The van der Waals surface area contributed by atoms with Crippen LogP contribution in [0.2, 0.25) is 0 Å². The van der Waals surface area contributed by atoms with Gasteiger partial charge in [-0.3, -0.25) is 9.69 Å². The van der Waals surface area contributed by atoms with E-state index >= 15 is 0 Å². The highest BCUT2D eigenvalue weighted by Gasteiger charge is 2.43. The molecule has 0 bridgehead atoms. The average Bonchev–Trinajstić information content (AvgIpc) is 2.64. The zero-order valence-electron chi connectivity index (χ0n) is 16.1. The predicted molar refractivity (Wildman–Crippen MR) is 101 cm³/mol. The van der Waals surface area contributed by atoms with Crippen molar-refractivity contribution in [1.29, 1.82) is 0 Å². The maximum absolute atomic E-state index is 13.0. The lowest BCUT2D eigenvalue weighted by Gasteiger charge is -2.43. The Balaban J connectivity index is 1.49.